The molecule has 0 saturated carbocycles. The molecule has 0 bridgehead atoms. The summed E-state index contributed by atoms with van der Waals surface area (Å²) >= 11 is 0. The number of hydrogen-bond donors (Lipinski definition) is 0. The van der Waals surface area contributed by atoms with E-state index < -0.39 is 0 Å². The van der Waals surface area contributed by atoms with Crippen LogP contribution in [0.5, 0.6) is 0 Å². The van der Waals surface area contributed by atoms with E-state index in [-0.39, 0.29) is 0 Å². The van der Waals surface area contributed by atoms with Crippen molar-refractivity contribution < 1.29 is 4.42 Å². The predicted octanol–water partition coefficient (Wildman–Crippen LogP) is 12.4. The van der Waals surface area contributed by atoms with Crippen LogP contribution in [-0.4, -0.2) is 15.0 Å². The van der Waals surface area contributed by atoms with Crippen molar-refractivity contribution in [2.75, 3.05) is 0 Å². The molecule has 0 unspecified atom stereocenters. The molecule has 10 rings (SSSR count). The van der Waals surface area contributed by atoms with E-state index in [1.165, 1.54) is 22.3 Å². The maximum atomic E-state index is 6.56. The van der Waals surface area contributed by atoms with E-state index >= 15 is 0 Å². The first-order valence-electron chi connectivity index (χ1n) is 17.1. The van der Waals surface area contributed by atoms with Gasteiger partial charge in [0, 0.05) is 32.8 Å². The van der Waals surface area contributed by atoms with Crippen LogP contribution in [0.2, 0.25) is 0 Å². The van der Waals surface area contributed by atoms with E-state index in [1.807, 2.05) is 48.5 Å². The molecule has 0 N–H and O–H groups in total. The van der Waals surface area contributed by atoms with Gasteiger partial charge in [-0.25, -0.2) is 15.0 Å². The van der Waals surface area contributed by atoms with Gasteiger partial charge in [-0.2, -0.15) is 0 Å². The number of hydrogen-bond acceptors (Lipinski definition) is 4. The molecule has 0 spiro atoms. The molecule has 51 heavy (non-hydrogen) atoms. The molecule has 0 fully saturated rings. The number of rotatable bonds is 5. The average Bonchev–Trinajstić information content (AvgIpc) is 3.59. The molecule has 0 radical (unpaired) electrons. The van der Waals surface area contributed by atoms with Gasteiger partial charge in [-0.1, -0.05) is 140 Å². The molecule has 4 heteroatoms. The van der Waals surface area contributed by atoms with Crippen molar-refractivity contribution in [2.24, 2.45) is 0 Å². The SMILES string of the molecule is c1ccc(-c2ccc3cc(-c4nc(-c5ccccc5)nc(-c5ccc6oc7c8ccccc8c(-c8ccccc8)cc7c6c5)n4)ccc3c2)cc1. The van der Waals surface area contributed by atoms with Gasteiger partial charge in [-0.15, -0.1) is 0 Å². The zero-order chi connectivity index (χ0) is 33.7. The fourth-order valence-electron chi connectivity index (χ4n) is 7.14. The summed E-state index contributed by atoms with van der Waals surface area (Å²) in [6, 6.07) is 61.1. The van der Waals surface area contributed by atoms with Crippen LogP contribution in [0.15, 0.2) is 180 Å². The fraction of sp³-hybridized carbons (Fsp3) is 0. The second-order valence-electron chi connectivity index (χ2n) is 12.8. The highest BCUT2D eigenvalue weighted by Crippen LogP contribution is 2.41. The lowest BCUT2D eigenvalue weighted by molar-refractivity contribution is 0.672. The largest absolute Gasteiger partial charge is 0.455 e. The Labute approximate surface area is 294 Å². The van der Waals surface area contributed by atoms with Gasteiger partial charge >= 0.3 is 0 Å². The van der Waals surface area contributed by atoms with Crippen LogP contribution in [-0.2, 0) is 0 Å². The summed E-state index contributed by atoms with van der Waals surface area (Å²) in [5.41, 5.74) is 9.20. The predicted molar refractivity (Wildman–Crippen MR) is 209 cm³/mol. The molecule has 10 aromatic rings. The highest BCUT2D eigenvalue weighted by molar-refractivity contribution is 6.19. The van der Waals surface area contributed by atoms with Crippen molar-refractivity contribution >= 4 is 43.5 Å². The fourth-order valence-corrected chi connectivity index (χ4v) is 7.14. The third-order valence-electron chi connectivity index (χ3n) is 9.69. The molecular weight excluding hydrogens is 623 g/mol. The van der Waals surface area contributed by atoms with Crippen molar-refractivity contribution in [3.63, 3.8) is 0 Å². The van der Waals surface area contributed by atoms with E-state index in [1.54, 1.807) is 0 Å². The molecule has 2 aromatic heterocycles. The molecule has 0 aliphatic carbocycles. The Morgan fingerprint density at radius 1 is 0.314 bits per heavy atom. The van der Waals surface area contributed by atoms with Gasteiger partial charge in [-0.05, 0) is 74.8 Å². The summed E-state index contributed by atoms with van der Waals surface area (Å²) in [4.78, 5) is 15.2. The quantitative estimate of drug-likeness (QED) is 0.186. The monoisotopic (exact) mass is 651 g/mol. The Morgan fingerprint density at radius 2 is 0.824 bits per heavy atom. The summed E-state index contributed by atoms with van der Waals surface area (Å²) in [6.07, 6.45) is 0. The molecule has 2 heterocycles. The first kappa shape index (κ1) is 29.0. The molecule has 4 nitrogen and oxygen atoms in total. The highest BCUT2D eigenvalue weighted by atomic mass is 16.3. The van der Waals surface area contributed by atoms with Crippen LogP contribution in [0.4, 0.5) is 0 Å². The Balaban J connectivity index is 1.14. The van der Waals surface area contributed by atoms with Crippen molar-refractivity contribution in [3.8, 4) is 56.4 Å². The highest BCUT2D eigenvalue weighted by Gasteiger charge is 2.18. The van der Waals surface area contributed by atoms with Crippen molar-refractivity contribution in [3.05, 3.63) is 176 Å². The molecule has 0 aliphatic rings. The Hall–Kier alpha value is -6.91. The number of aromatic nitrogens is 3. The van der Waals surface area contributed by atoms with Crippen LogP contribution in [0.3, 0.4) is 0 Å². The topological polar surface area (TPSA) is 51.8 Å². The zero-order valence-corrected chi connectivity index (χ0v) is 27.5. The zero-order valence-electron chi connectivity index (χ0n) is 27.5. The van der Waals surface area contributed by atoms with E-state index in [9.17, 15) is 0 Å². The summed E-state index contributed by atoms with van der Waals surface area (Å²) < 4.78 is 6.56. The Bertz CT molecular complexity index is 2900. The average molecular weight is 652 g/mol. The van der Waals surface area contributed by atoms with Crippen LogP contribution < -0.4 is 0 Å². The van der Waals surface area contributed by atoms with E-state index in [2.05, 4.69) is 127 Å². The normalized spacial score (nSPS) is 11.5. The lowest BCUT2D eigenvalue weighted by Crippen LogP contribution is -2.00. The molecular formula is C47H29N3O. The lowest BCUT2D eigenvalue weighted by Gasteiger charge is -2.10. The molecule has 0 aliphatic heterocycles. The molecule has 8 aromatic carbocycles. The van der Waals surface area contributed by atoms with Gasteiger partial charge in [0.25, 0.3) is 0 Å². The molecule has 0 amide bonds. The van der Waals surface area contributed by atoms with E-state index in [0.717, 1.165) is 60.2 Å². The van der Waals surface area contributed by atoms with E-state index in [0.29, 0.717) is 17.5 Å². The lowest BCUT2D eigenvalue weighted by atomic mass is 9.95. The van der Waals surface area contributed by atoms with Crippen LogP contribution in [0.25, 0.3) is 99.9 Å². The van der Waals surface area contributed by atoms with Gasteiger partial charge in [0.2, 0.25) is 0 Å². The number of nitrogens with zero attached hydrogens (tertiary/aromatic N) is 3. The molecule has 238 valence electrons. The standard InChI is InChI=1S/C47H29N3O/c1-4-12-30(13-5-1)33-20-21-35-27-36(23-22-34(35)26-33)46-48-45(32-16-8-3-9-17-32)49-47(50-46)37-24-25-43-41(28-37)42-29-40(31-14-6-2-7-15-31)38-18-10-11-19-39(38)44(42)51-43/h1-29H. The maximum Gasteiger partial charge on any atom is 0.164 e. The second kappa shape index (κ2) is 11.9. The summed E-state index contributed by atoms with van der Waals surface area (Å²) in [7, 11) is 0. The van der Waals surface area contributed by atoms with Crippen molar-refractivity contribution in [1.29, 1.82) is 0 Å². The minimum absolute atomic E-state index is 0.610. The third kappa shape index (κ3) is 5.13. The van der Waals surface area contributed by atoms with Crippen LogP contribution in [0.1, 0.15) is 0 Å². The Morgan fingerprint density at radius 3 is 1.51 bits per heavy atom. The smallest absolute Gasteiger partial charge is 0.164 e. The summed E-state index contributed by atoms with van der Waals surface area (Å²) in [5, 5.41) is 6.63. The van der Waals surface area contributed by atoms with Crippen molar-refractivity contribution in [2.45, 2.75) is 0 Å². The Kier molecular flexibility index (Phi) is 6.78. The van der Waals surface area contributed by atoms with E-state index in [4.69, 9.17) is 19.4 Å². The first-order chi connectivity index (χ1) is 25.2. The third-order valence-corrected chi connectivity index (χ3v) is 9.69. The minimum Gasteiger partial charge on any atom is -0.455 e. The molecule has 0 atom stereocenters. The van der Waals surface area contributed by atoms with Gasteiger partial charge in [0.05, 0.1) is 0 Å². The molecule has 0 saturated heterocycles. The van der Waals surface area contributed by atoms with Crippen LogP contribution in [0, 0.1) is 0 Å². The summed E-state index contributed by atoms with van der Waals surface area (Å²) in [5.74, 6) is 1.87. The minimum atomic E-state index is 0.610. The number of fused-ring (bicyclic) bond motifs is 6. The van der Waals surface area contributed by atoms with Gasteiger partial charge < -0.3 is 4.42 Å². The number of furan rings is 1. The number of benzene rings is 8. The van der Waals surface area contributed by atoms with Crippen LogP contribution >= 0.6 is 0 Å². The second-order valence-corrected chi connectivity index (χ2v) is 12.8. The van der Waals surface area contributed by atoms with Crippen molar-refractivity contribution in [1.82, 2.24) is 15.0 Å². The first-order valence-corrected chi connectivity index (χ1v) is 17.1. The maximum absolute atomic E-state index is 6.56. The summed E-state index contributed by atoms with van der Waals surface area (Å²) in [6.45, 7) is 0. The van der Waals surface area contributed by atoms with Gasteiger partial charge in [-0.3, -0.25) is 0 Å². The van der Waals surface area contributed by atoms with Gasteiger partial charge in [0.15, 0.2) is 17.5 Å². The van der Waals surface area contributed by atoms with Gasteiger partial charge in [0.1, 0.15) is 11.2 Å².